The molecule has 0 amide bonds. The predicted octanol–water partition coefficient (Wildman–Crippen LogP) is 2.52. The van der Waals surface area contributed by atoms with Gasteiger partial charge in [-0.15, -0.1) is 0 Å². The minimum absolute atomic E-state index is 0.777. The molecule has 0 aliphatic carbocycles. The normalized spacial score (nSPS) is 10.5. The Hall–Kier alpha value is -1.57. The van der Waals surface area contributed by atoms with E-state index in [1.807, 2.05) is 26.0 Å². The molecule has 0 fully saturated rings. The van der Waals surface area contributed by atoms with Gasteiger partial charge in [0, 0.05) is 0 Å². The minimum Gasteiger partial charge on any atom is -0.496 e. The molecule has 1 aromatic rings. The van der Waals surface area contributed by atoms with Crippen LogP contribution in [0.2, 0.25) is 0 Å². The first kappa shape index (κ1) is 10.5. The van der Waals surface area contributed by atoms with Gasteiger partial charge in [0.15, 0.2) is 0 Å². The van der Waals surface area contributed by atoms with Crippen molar-refractivity contribution in [2.45, 2.75) is 13.8 Å². The lowest BCUT2D eigenvalue weighted by molar-refractivity contribution is -0.104. The van der Waals surface area contributed by atoms with Gasteiger partial charge in [0.25, 0.3) is 0 Å². The Bertz CT molecular complexity index is 365. The molecule has 0 bridgehead atoms. The largest absolute Gasteiger partial charge is 0.496 e. The molecule has 2 nitrogen and oxygen atoms in total. The number of hydrogen-bond acceptors (Lipinski definition) is 2. The molecule has 1 rings (SSSR count). The average molecular weight is 190 g/mol. The number of allylic oxidation sites excluding steroid dienone is 1. The fourth-order valence-corrected chi connectivity index (χ4v) is 1.36. The third kappa shape index (κ3) is 2.02. The van der Waals surface area contributed by atoms with Crippen LogP contribution in [0, 0.1) is 13.8 Å². The zero-order valence-corrected chi connectivity index (χ0v) is 8.70. The molecule has 0 aromatic heterocycles. The summed E-state index contributed by atoms with van der Waals surface area (Å²) in [5, 5.41) is 0. The van der Waals surface area contributed by atoms with Gasteiger partial charge in [-0.3, -0.25) is 4.79 Å². The van der Waals surface area contributed by atoms with Crippen LogP contribution >= 0.6 is 0 Å². The van der Waals surface area contributed by atoms with Gasteiger partial charge in [0.2, 0.25) is 0 Å². The second-order valence-corrected chi connectivity index (χ2v) is 3.10. The molecule has 2 heteroatoms. The molecular formula is C12H14O2. The van der Waals surface area contributed by atoms with E-state index < -0.39 is 0 Å². The van der Waals surface area contributed by atoms with Gasteiger partial charge in [-0.1, -0.05) is 12.1 Å². The Kier molecular flexibility index (Phi) is 3.46. The molecule has 1 aromatic carbocycles. The van der Waals surface area contributed by atoms with Crippen molar-refractivity contribution in [1.82, 2.24) is 0 Å². The van der Waals surface area contributed by atoms with Gasteiger partial charge in [-0.05, 0) is 42.7 Å². The van der Waals surface area contributed by atoms with Crippen LogP contribution in [-0.4, -0.2) is 13.4 Å². The molecule has 0 N–H and O–H groups in total. The van der Waals surface area contributed by atoms with Crippen LogP contribution in [0.25, 0.3) is 6.08 Å². The second-order valence-electron chi connectivity index (χ2n) is 3.10. The molecular weight excluding hydrogens is 176 g/mol. The number of aldehydes is 1. The summed E-state index contributed by atoms with van der Waals surface area (Å²) < 4.78 is 5.19. The quantitative estimate of drug-likeness (QED) is 0.540. The molecule has 0 aliphatic heterocycles. The Balaban J connectivity index is 3.16. The van der Waals surface area contributed by atoms with Gasteiger partial charge in [0.1, 0.15) is 12.0 Å². The summed E-state index contributed by atoms with van der Waals surface area (Å²) in [5.41, 5.74) is 3.30. The molecule has 0 saturated carbocycles. The summed E-state index contributed by atoms with van der Waals surface area (Å²) >= 11 is 0. The minimum atomic E-state index is 0.777. The molecule has 74 valence electrons. The molecule has 0 radical (unpaired) electrons. The summed E-state index contributed by atoms with van der Waals surface area (Å²) in [6.07, 6.45) is 4.07. The second kappa shape index (κ2) is 4.61. The van der Waals surface area contributed by atoms with Crippen molar-refractivity contribution >= 4 is 12.4 Å². The van der Waals surface area contributed by atoms with Crippen LogP contribution in [0.1, 0.15) is 16.7 Å². The number of ether oxygens (including phenoxy) is 1. The van der Waals surface area contributed by atoms with E-state index in [1.54, 1.807) is 13.2 Å². The van der Waals surface area contributed by atoms with Crippen LogP contribution in [-0.2, 0) is 4.79 Å². The first-order valence-corrected chi connectivity index (χ1v) is 4.46. The van der Waals surface area contributed by atoms with Crippen molar-refractivity contribution in [3.63, 3.8) is 0 Å². The molecule has 0 aliphatic rings. The van der Waals surface area contributed by atoms with Gasteiger partial charge < -0.3 is 4.74 Å². The standard InChI is InChI=1S/C12H14O2/c1-9-10(2)12(14-3)7-6-11(9)5-4-8-13/h4-8H,1-3H3. The van der Waals surface area contributed by atoms with Crippen molar-refractivity contribution in [3.8, 4) is 5.75 Å². The third-order valence-corrected chi connectivity index (χ3v) is 2.35. The van der Waals surface area contributed by atoms with E-state index in [0.29, 0.717) is 0 Å². The summed E-state index contributed by atoms with van der Waals surface area (Å²) in [6, 6.07) is 3.86. The van der Waals surface area contributed by atoms with E-state index >= 15 is 0 Å². The summed E-state index contributed by atoms with van der Waals surface area (Å²) in [5.74, 6) is 0.880. The topological polar surface area (TPSA) is 26.3 Å². The van der Waals surface area contributed by atoms with Gasteiger partial charge in [0.05, 0.1) is 7.11 Å². The number of hydrogen-bond donors (Lipinski definition) is 0. The summed E-state index contributed by atoms with van der Waals surface area (Å²) in [6.45, 7) is 4.02. The number of methoxy groups -OCH3 is 1. The van der Waals surface area contributed by atoms with Crippen LogP contribution in [0.3, 0.4) is 0 Å². The van der Waals surface area contributed by atoms with Crippen molar-refractivity contribution in [2.24, 2.45) is 0 Å². The lowest BCUT2D eigenvalue weighted by atomic mass is 10.0. The van der Waals surface area contributed by atoms with Crippen molar-refractivity contribution in [3.05, 3.63) is 34.9 Å². The van der Waals surface area contributed by atoms with E-state index in [4.69, 9.17) is 4.74 Å². The molecule has 0 unspecified atom stereocenters. The van der Waals surface area contributed by atoms with E-state index in [1.165, 1.54) is 6.08 Å². The Morgan fingerprint density at radius 3 is 2.50 bits per heavy atom. The highest BCUT2D eigenvalue weighted by atomic mass is 16.5. The van der Waals surface area contributed by atoms with Crippen LogP contribution in [0.5, 0.6) is 5.75 Å². The molecule has 0 saturated heterocycles. The smallest absolute Gasteiger partial charge is 0.142 e. The average Bonchev–Trinajstić information content (AvgIpc) is 2.20. The number of carbonyl (C=O) groups is 1. The monoisotopic (exact) mass is 190 g/mol. The molecule has 0 spiro atoms. The molecule has 0 heterocycles. The van der Waals surface area contributed by atoms with Crippen molar-refractivity contribution in [1.29, 1.82) is 0 Å². The highest BCUT2D eigenvalue weighted by Crippen LogP contribution is 2.24. The fourth-order valence-electron chi connectivity index (χ4n) is 1.36. The maximum atomic E-state index is 10.2. The zero-order chi connectivity index (χ0) is 10.6. The summed E-state index contributed by atoms with van der Waals surface area (Å²) in [7, 11) is 1.66. The van der Waals surface area contributed by atoms with Crippen LogP contribution in [0.4, 0.5) is 0 Å². The Labute approximate surface area is 84.2 Å². The number of rotatable bonds is 3. The van der Waals surface area contributed by atoms with Crippen LogP contribution < -0.4 is 4.74 Å². The highest BCUT2D eigenvalue weighted by molar-refractivity contribution is 5.75. The van der Waals surface area contributed by atoms with Gasteiger partial charge in [-0.2, -0.15) is 0 Å². The predicted molar refractivity (Wildman–Crippen MR) is 57.6 cm³/mol. The molecule has 14 heavy (non-hydrogen) atoms. The van der Waals surface area contributed by atoms with E-state index in [-0.39, 0.29) is 0 Å². The lowest BCUT2D eigenvalue weighted by Gasteiger charge is -2.09. The Morgan fingerprint density at radius 1 is 1.21 bits per heavy atom. The van der Waals surface area contributed by atoms with E-state index in [2.05, 4.69) is 0 Å². The maximum absolute atomic E-state index is 10.2. The van der Waals surface area contributed by atoms with Gasteiger partial charge in [-0.25, -0.2) is 0 Å². The highest BCUT2D eigenvalue weighted by Gasteiger charge is 2.03. The van der Waals surface area contributed by atoms with E-state index in [9.17, 15) is 4.79 Å². The SMILES string of the molecule is COc1ccc(C=CC=O)c(C)c1C. The number of benzene rings is 1. The lowest BCUT2D eigenvalue weighted by Crippen LogP contribution is -1.92. The van der Waals surface area contributed by atoms with Gasteiger partial charge >= 0.3 is 0 Å². The fraction of sp³-hybridized carbons (Fsp3) is 0.250. The summed E-state index contributed by atoms with van der Waals surface area (Å²) in [4.78, 5) is 10.2. The van der Waals surface area contributed by atoms with E-state index in [0.717, 1.165) is 28.7 Å². The maximum Gasteiger partial charge on any atom is 0.142 e. The van der Waals surface area contributed by atoms with Crippen molar-refractivity contribution in [2.75, 3.05) is 7.11 Å². The first-order valence-electron chi connectivity index (χ1n) is 4.46. The molecule has 0 atom stereocenters. The van der Waals surface area contributed by atoms with Crippen LogP contribution in [0.15, 0.2) is 18.2 Å². The van der Waals surface area contributed by atoms with Crippen molar-refractivity contribution < 1.29 is 9.53 Å². The first-order chi connectivity index (χ1) is 6.70. The zero-order valence-electron chi connectivity index (χ0n) is 8.70. The number of carbonyl (C=O) groups excluding carboxylic acids is 1. The third-order valence-electron chi connectivity index (χ3n) is 2.35. The Morgan fingerprint density at radius 2 is 1.93 bits per heavy atom.